The third-order valence-electron chi connectivity index (χ3n) is 5.92. The summed E-state index contributed by atoms with van der Waals surface area (Å²) >= 11 is 0. The molecule has 33 heavy (non-hydrogen) atoms. The molecule has 174 valence electrons. The molecule has 0 aliphatic carbocycles. The zero-order valence-corrected chi connectivity index (χ0v) is 19.1. The summed E-state index contributed by atoms with van der Waals surface area (Å²) in [5.41, 5.74) is 4.89. The van der Waals surface area contributed by atoms with E-state index in [0.29, 0.717) is 30.2 Å². The summed E-state index contributed by atoms with van der Waals surface area (Å²) in [6, 6.07) is 12.7. The second-order valence-electron chi connectivity index (χ2n) is 7.95. The number of rotatable bonds is 8. The lowest BCUT2D eigenvalue weighted by atomic mass is 9.93. The molecule has 4 rings (SSSR count). The molecule has 2 aromatic carbocycles. The Kier molecular flexibility index (Phi) is 6.84. The Labute approximate surface area is 193 Å². The summed E-state index contributed by atoms with van der Waals surface area (Å²) < 4.78 is 16.1. The van der Waals surface area contributed by atoms with E-state index in [1.165, 1.54) is 5.56 Å². The zero-order valence-electron chi connectivity index (χ0n) is 19.1. The van der Waals surface area contributed by atoms with Gasteiger partial charge in [-0.1, -0.05) is 24.3 Å². The lowest BCUT2D eigenvalue weighted by molar-refractivity contribution is -0.139. The van der Waals surface area contributed by atoms with Crippen LogP contribution in [0.1, 0.15) is 29.7 Å². The highest BCUT2D eigenvalue weighted by atomic mass is 16.5. The quantitative estimate of drug-likeness (QED) is 0.600. The third kappa shape index (κ3) is 4.66. The monoisotopic (exact) mass is 451 g/mol. The molecule has 0 bridgehead atoms. The third-order valence-corrected chi connectivity index (χ3v) is 5.92. The second-order valence-corrected chi connectivity index (χ2v) is 7.95. The molecule has 0 fully saturated rings. The first-order chi connectivity index (χ1) is 16.0. The number of ether oxygens (including phenoxy) is 3. The Morgan fingerprint density at radius 3 is 2.76 bits per heavy atom. The first-order valence-corrected chi connectivity index (χ1v) is 11.0. The van der Waals surface area contributed by atoms with Gasteiger partial charge in [0.2, 0.25) is 0 Å². The Bertz CT molecular complexity index is 1080. The van der Waals surface area contributed by atoms with E-state index in [-0.39, 0.29) is 12.6 Å². The van der Waals surface area contributed by atoms with Gasteiger partial charge in [0.05, 0.1) is 44.2 Å². The van der Waals surface area contributed by atoms with Crippen LogP contribution in [0.4, 0.5) is 10.5 Å². The first kappa shape index (κ1) is 22.7. The molecule has 2 aliphatic heterocycles. The van der Waals surface area contributed by atoms with Crippen molar-refractivity contribution in [3.8, 4) is 5.75 Å². The Balaban J connectivity index is 1.75. The van der Waals surface area contributed by atoms with Crippen LogP contribution in [-0.2, 0) is 27.3 Å². The standard InChI is InChI=1S/C25H29N3O5/c1-4-33-24(29)22-19(14-28-12-11-16-7-5-6-8-20(16)28)26-25(30)27-23(22)17-9-10-21(32-3)18(13-17)15-31-2/h5-10,13,23H,4,11-12,14-15H2,1-3H3,(H2,26,27,30)/t23-/m1/s1. The average Bonchev–Trinajstić information content (AvgIpc) is 3.22. The second kappa shape index (κ2) is 9.95. The van der Waals surface area contributed by atoms with Crippen molar-refractivity contribution in [2.75, 3.05) is 38.8 Å². The normalized spacial score (nSPS) is 17.4. The van der Waals surface area contributed by atoms with E-state index in [1.807, 2.05) is 30.3 Å². The number of benzene rings is 2. The fraction of sp³-hybridized carbons (Fsp3) is 0.360. The number of nitrogens with zero attached hydrogens (tertiary/aromatic N) is 1. The Morgan fingerprint density at radius 2 is 2.00 bits per heavy atom. The van der Waals surface area contributed by atoms with Crippen molar-refractivity contribution < 1.29 is 23.8 Å². The van der Waals surface area contributed by atoms with Crippen LogP contribution in [0, 0.1) is 0 Å². The molecule has 0 unspecified atom stereocenters. The van der Waals surface area contributed by atoms with Gasteiger partial charge >= 0.3 is 12.0 Å². The molecule has 2 aromatic rings. The molecule has 2 N–H and O–H groups in total. The van der Waals surface area contributed by atoms with E-state index in [0.717, 1.165) is 29.8 Å². The number of hydrogen-bond donors (Lipinski definition) is 2. The first-order valence-electron chi connectivity index (χ1n) is 11.0. The van der Waals surface area contributed by atoms with Crippen LogP contribution in [-0.4, -0.2) is 45.9 Å². The fourth-order valence-electron chi connectivity index (χ4n) is 4.45. The average molecular weight is 452 g/mol. The summed E-state index contributed by atoms with van der Waals surface area (Å²) in [5, 5.41) is 5.76. The van der Waals surface area contributed by atoms with E-state index in [1.54, 1.807) is 21.1 Å². The molecule has 8 nitrogen and oxygen atoms in total. The molecule has 0 radical (unpaired) electrons. The van der Waals surface area contributed by atoms with Crippen molar-refractivity contribution in [1.29, 1.82) is 0 Å². The van der Waals surface area contributed by atoms with Gasteiger partial charge in [-0.05, 0) is 42.7 Å². The van der Waals surface area contributed by atoms with Crippen LogP contribution >= 0.6 is 0 Å². The van der Waals surface area contributed by atoms with Crippen molar-refractivity contribution in [2.45, 2.75) is 26.0 Å². The predicted octanol–water partition coefficient (Wildman–Crippen LogP) is 3.08. The van der Waals surface area contributed by atoms with Crippen molar-refractivity contribution in [3.63, 3.8) is 0 Å². The maximum Gasteiger partial charge on any atom is 0.338 e. The fourth-order valence-corrected chi connectivity index (χ4v) is 4.45. The van der Waals surface area contributed by atoms with Gasteiger partial charge in [-0.2, -0.15) is 0 Å². The van der Waals surface area contributed by atoms with Gasteiger partial charge in [-0.15, -0.1) is 0 Å². The van der Waals surface area contributed by atoms with E-state index < -0.39 is 12.0 Å². The van der Waals surface area contributed by atoms with Crippen LogP contribution in [0.3, 0.4) is 0 Å². The van der Waals surface area contributed by atoms with Gasteiger partial charge < -0.3 is 29.7 Å². The minimum Gasteiger partial charge on any atom is -0.496 e. The van der Waals surface area contributed by atoms with Gasteiger partial charge in [-0.3, -0.25) is 0 Å². The summed E-state index contributed by atoms with van der Waals surface area (Å²) in [6.07, 6.45) is 0.923. The lowest BCUT2D eigenvalue weighted by Crippen LogP contribution is -2.48. The molecule has 2 heterocycles. The van der Waals surface area contributed by atoms with Crippen LogP contribution < -0.4 is 20.3 Å². The van der Waals surface area contributed by atoms with Crippen molar-refractivity contribution in [2.24, 2.45) is 0 Å². The summed E-state index contributed by atoms with van der Waals surface area (Å²) in [4.78, 5) is 28.0. The molecule has 2 amide bonds. The molecular weight excluding hydrogens is 422 g/mol. The predicted molar refractivity (Wildman–Crippen MR) is 124 cm³/mol. The van der Waals surface area contributed by atoms with E-state index in [4.69, 9.17) is 14.2 Å². The Morgan fingerprint density at radius 1 is 1.18 bits per heavy atom. The smallest absolute Gasteiger partial charge is 0.338 e. The highest BCUT2D eigenvalue weighted by Crippen LogP contribution is 2.33. The van der Waals surface area contributed by atoms with Crippen molar-refractivity contribution in [3.05, 3.63) is 70.4 Å². The van der Waals surface area contributed by atoms with E-state index in [9.17, 15) is 9.59 Å². The number of fused-ring (bicyclic) bond motifs is 1. The van der Waals surface area contributed by atoms with Gasteiger partial charge in [0.1, 0.15) is 5.75 Å². The van der Waals surface area contributed by atoms with Gasteiger partial charge in [-0.25, -0.2) is 9.59 Å². The van der Waals surface area contributed by atoms with Gasteiger partial charge in [0.15, 0.2) is 0 Å². The Hall–Kier alpha value is -3.52. The summed E-state index contributed by atoms with van der Waals surface area (Å²) in [5.74, 6) is 0.220. The van der Waals surface area contributed by atoms with Gasteiger partial charge in [0.25, 0.3) is 0 Å². The number of anilines is 1. The molecule has 8 heteroatoms. The number of para-hydroxylation sites is 1. The molecule has 0 saturated carbocycles. The lowest BCUT2D eigenvalue weighted by Gasteiger charge is -2.32. The summed E-state index contributed by atoms with van der Waals surface area (Å²) in [7, 11) is 3.20. The molecule has 0 spiro atoms. The molecule has 0 saturated heterocycles. The topological polar surface area (TPSA) is 89.1 Å². The number of esters is 1. The number of urea groups is 1. The zero-order chi connectivity index (χ0) is 23.4. The minimum atomic E-state index is -0.660. The largest absolute Gasteiger partial charge is 0.496 e. The van der Waals surface area contributed by atoms with Crippen LogP contribution in [0.15, 0.2) is 53.7 Å². The summed E-state index contributed by atoms with van der Waals surface area (Å²) in [6.45, 7) is 3.55. The van der Waals surface area contributed by atoms with Crippen LogP contribution in [0.25, 0.3) is 0 Å². The van der Waals surface area contributed by atoms with Crippen LogP contribution in [0.5, 0.6) is 5.75 Å². The SMILES string of the molecule is CCOC(=O)C1=C(CN2CCc3ccccc32)NC(=O)N[C@@H]1c1ccc(OC)c(COC)c1. The molecule has 1 atom stereocenters. The maximum atomic E-state index is 13.1. The van der Waals surface area contributed by atoms with Crippen molar-refractivity contribution >= 4 is 17.7 Å². The molecule has 0 aromatic heterocycles. The maximum absolute atomic E-state index is 13.1. The van der Waals surface area contributed by atoms with Crippen LogP contribution in [0.2, 0.25) is 0 Å². The van der Waals surface area contributed by atoms with E-state index >= 15 is 0 Å². The molecular formula is C25H29N3O5. The number of amides is 2. The number of methoxy groups -OCH3 is 2. The number of carbonyl (C=O) groups excluding carboxylic acids is 2. The van der Waals surface area contributed by atoms with Crippen molar-refractivity contribution in [1.82, 2.24) is 10.6 Å². The highest BCUT2D eigenvalue weighted by molar-refractivity contribution is 5.95. The van der Waals surface area contributed by atoms with E-state index in [2.05, 4.69) is 27.7 Å². The number of nitrogens with one attached hydrogen (secondary N) is 2. The highest BCUT2D eigenvalue weighted by Gasteiger charge is 2.35. The van der Waals surface area contributed by atoms with Gasteiger partial charge in [0, 0.05) is 24.9 Å². The molecule has 2 aliphatic rings. The number of hydrogen-bond acceptors (Lipinski definition) is 6. The minimum absolute atomic E-state index is 0.236. The number of carbonyl (C=O) groups is 2.